The van der Waals surface area contributed by atoms with Crippen molar-refractivity contribution in [3.63, 3.8) is 0 Å². The topological polar surface area (TPSA) is 89.3 Å². The smallest absolute Gasteiger partial charge is 0.180 e. The maximum atomic E-state index is 13.3. The van der Waals surface area contributed by atoms with Crippen molar-refractivity contribution in [1.82, 2.24) is 29.0 Å². The van der Waals surface area contributed by atoms with E-state index in [9.17, 15) is 8.78 Å². The molecular weight excluding hydrogens is 486 g/mol. The van der Waals surface area contributed by atoms with Gasteiger partial charge >= 0.3 is 0 Å². The molecule has 0 amide bonds. The molecule has 0 unspecified atom stereocenters. The summed E-state index contributed by atoms with van der Waals surface area (Å²) in [5, 5.41) is 7.45. The Hall–Kier alpha value is -3.63. The van der Waals surface area contributed by atoms with Crippen LogP contribution in [0.25, 0.3) is 5.65 Å². The summed E-state index contributed by atoms with van der Waals surface area (Å²) in [4.78, 5) is 11.1. The lowest BCUT2D eigenvalue weighted by atomic mass is 9.93. The molecule has 0 bridgehead atoms. The fraction of sp³-hybridized carbons (Fsp3) is 0.393. The maximum Gasteiger partial charge on any atom is 0.180 e. The van der Waals surface area contributed by atoms with Crippen LogP contribution in [-0.2, 0) is 6.54 Å². The number of nitrogens with two attached hydrogens (primary N) is 1. The van der Waals surface area contributed by atoms with Crippen molar-refractivity contribution in [2.45, 2.75) is 34.2 Å². The van der Waals surface area contributed by atoms with Gasteiger partial charge in [-0.05, 0) is 52.0 Å². The average molecular weight is 529 g/mol. The van der Waals surface area contributed by atoms with Crippen LogP contribution in [0.2, 0.25) is 0 Å². The zero-order valence-corrected chi connectivity index (χ0v) is 23.7. The summed E-state index contributed by atoms with van der Waals surface area (Å²) in [7, 11) is 5.69. The van der Waals surface area contributed by atoms with E-state index in [4.69, 9.17) is 0 Å². The highest BCUT2D eigenvalue weighted by molar-refractivity contribution is 5.62. The number of hydrogen-bond donors (Lipinski definition) is 2. The van der Waals surface area contributed by atoms with E-state index in [1.165, 1.54) is 13.1 Å². The lowest BCUT2D eigenvalue weighted by molar-refractivity contribution is 0.254. The molecule has 4 aromatic rings. The first kappa shape index (κ1) is 32.4. The molecule has 0 saturated carbocycles. The number of nitrogens with one attached hydrogen (secondary N) is 1. The Bertz CT molecular complexity index is 1250. The van der Waals surface area contributed by atoms with Gasteiger partial charge in [-0.1, -0.05) is 26.0 Å². The molecule has 0 atom stereocenters. The van der Waals surface area contributed by atoms with Crippen LogP contribution in [0.1, 0.15) is 30.7 Å². The van der Waals surface area contributed by atoms with E-state index >= 15 is 0 Å². The summed E-state index contributed by atoms with van der Waals surface area (Å²) in [5.41, 5.74) is 7.84. The number of aryl methyl sites for hydroxylation is 2. The van der Waals surface area contributed by atoms with Gasteiger partial charge in [0.05, 0.1) is 18.4 Å². The summed E-state index contributed by atoms with van der Waals surface area (Å²) < 4.78 is 29.7. The number of rotatable bonds is 7. The van der Waals surface area contributed by atoms with Gasteiger partial charge in [0.15, 0.2) is 23.1 Å². The Morgan fingerprint density at radius 3 is 2.39 bits per heavy atom. The highest BCUT2D eigenvalue weighted by atomic mass is 19.2. The average Bonchev–Trinajstić information content (AvgIpc) is 3.51. The van der Waals surface area contributed by atoms with Gasteiger partial charge in [-0.3, -0.25) is 4.68 Å². The molecule has 0 spiro atoms. The Kier molecular flexibility index (Phi) is 13.3. The molecule has 0 saturated heterocycles. The number of nitrogens with zero attached hydrogens (tertiary/aromatic N) is 6. The van der Waals surface area contributed by atoms with Gasteiger partial charge in [0.2, 0.25) is 0 Å². The summed E-state index contributed by atoms with van der Waals surface area (Å²) in [5.74, 6) is -0.765. The zero-order valence-electron chi connectivity index (χ0n) is 23.7. The highest BCUT2D eigenvalue weighted by Crippen LogP contribution is 2.19. The first-order valence-electron chi connectivity index (χ1n) is 12.2. The third kappa shape index (κ3) is 10.0. The molecule has 0 aliphatic rings. The van der Waals surface area contributed by atoms with Crippen molar-refractivity contribution < 1.29 is 8.78 Å². The highest BCUT2D eigenvalue weighted by Gasteiger charge is 2.19. The van der Waals surface area contributed by atoms with E-state index in [1.54, 1.807) is 29.3 Å². The van der Waals surface area contributed by atoms with E-state index in [1.807, 2.05) is 30.6 Å². The fourth-order valence-electron chi connectivity index (χ4n) is 3.81. The van der Waals surface area contributed by atoms with Gasteiger partial charge in [-0.2, -0.15) is 5.10 Å². The molecule has 0 radical (unpaired) electrons. The molecule has 0 aliphatic heterocycles. The first-order chi connectivity index (χ1) is 18.0. The van der Waals surface area contributed by atoms with Crippen LogP contribution in [0.4, 0.5) is 14.6 Å². The van der Waals surface area contributed by atoms with E-state index in [0.29, 0.717) is 5.56 Å². The minimum absolute atomic E-state index is 0.179. The van der Waals surface area contributed by atoms with Crippen LogP contribution >= 0.6 is 0 Å². The third-order valence-corrected chi connectivity index (χ3v) is 5.10. The van der Waals surface area contributed by atoms with Crippen molar-refractivity contribution >= 4 is 11.5 Å². The molecule has 0 fully saturated rings. The quantitative estimate of drug-likeness (QED) is 0.331. The molecule has 3 heterocycles. The Morgan fingerprint density at radius 2 is 1.79 bits per heavy atom. The van der Waals surface area contributed by atoms with Gasteiger partial charge < -0.3 is 20.4 Å². The summed E-state index contributed by atoms with van der Waals surface area (Å²) in [6, 6.07) is 4.15. The van der Waals surface area contributed by atoms with Gasteiger partial charge in [0.1, 0.15) is 0 Å². The Morgan fingerprint density at radius 1 is 1.11 bits per heavy atom. The van der Waals surface area contributed by atoms with Crippen molar-refractivity contribution in [3.8, 4) is 0 Å². The Labute approximate surface area is 225 Å². The van der Waals surface area contributed by atoms with E-state index in [0.717, 1.165) is 41.9 Å². The molecule has 1 aromatic carbocycles. The molecule has 10 heteroatoms. The summed E-state index contributed by atoms with van der Waals surface area (Å²) >= 11 is 0. The van der Waals surface area contributed by atoms with Crippen molar-refractivity contribution in [2.75, 3.05) is 39.5 Å². The molecular formula is C28H42F2N8. The first-order valence-corrected chi connectivity index (χ1v) is 12.2. The lowest BCUT2D eigenvalue weighted by Gasteiger charge is -2.28. The molecule has 0 aliphatic carbocycles. The predicted octanol–water partition coefficient (Wildman–Crippen LogP) is 4.93. The predicted molar refractivity (Wildman–Crippen MR) is 152 cm³/mol. The maximum absolute atomic E-state index is 13.3. The fourth-order valence-corrected chi connectivity index (χ4v) is 3.81. The van der Waals surface area contributed by atoms with Crippen molar-refractivity contribution in [3.05, 3.63) is 90.8 Å². The normalized spacial score (nSPS) is 10.6. The number of halogens is 2. The van der Waals surface area contributed by atoms with Crippen LogP contribution in [-0.4, -0.2) is 63.3 Å². The number of fused-ring (bicyclic) bond motifs is 1. The second kappa shape index (κ2) is 15.6. The summed E-state index contributed by atoms with van der Waals surface area (Å²) in [6.07, 6.45) is 9.19. The van der Waals surface area contributed by atoms with Gasteiger partial charge in [0, 0.05) is 43.4 Å². The van der Waals surface area contributed by atoms with Crippen LogP contribution in [0, 0.1) is 30.9 Å². The zero-order chi connectivity index (χ0) is 28.9. The van der Waals surface area contributed by atoms with Crippen LogP contribution in [0.5, 0.6) is 0 Å². The molecule has 8 nitrogen and oxygen atoms in total. The second-order valence-corrected chi connectivity index (χ2v) is 9.57. The number of imidazole rings is 1. The van der Waals surface area contributed by atoms with E-state index in [2.05, 4.69) is 72.1 Å². The number of anilines is 1. The minimum Gasteiger partial charge on any atom is -0.366 e. The second-order valence-electron chi connectivity index (χ2n) is 9.57. The van der Waals surface area contributed by atoms with Gasteiger partial charge in [-0.25, -0.2) is 18.7 Å². The molecule has 4 rings (SSSR count). The van der Waals surface area contributed by atoms with E-state index in [-0.39, 0.29) is 12.0 Å². The third-order valence-electron chi connectivity index (χ3n) is 5.10. The van der Waals surface area contributed by atoms with Crippen LogP contribution in [0.15, 0.2) is 62.3 Å². The van der Waals surface area contributed by atoms with Crippen LogP contribution in [0.3, 0.4) is 0 Å². The monoisotopic (exact) mass is 528 g/mol. The number of hydrogen-bond acceptors (Lipinski definition) is 6. The van der Waals surface area contributed by atoms with E-state index < -0.39 is 11.6 Å². The largest absolute Gasteiger partial charge is 0.366 e. The SMILES string of the molecule is C=C.CN.Cc1cn2ccnc2c(NCC(C)(C)CN(C)C)n1.Cc1cnn(Cc2cccc(F)c2F)c1. The minimum atomic E-state index is -0.823. The Balaban J connectivity index is 0.000000343. The number of aromatic nitrogens is 5. The van der Waals surface area contributed by atoms with Crippen molar-refractivity contribution in [1.29, 1.82) is 0 Å². The molecule has 3 aromatic heterocycles. The molecule has 208 valence electrons. The van der Waals surface area contributed by atoms with Gasteiger partial charge in [0.25, 0.3) is 0 Å². The standard InChI is InChI=1S/C14H23N5.C11H10F2N2.C2H4.CH5N/c1-11-8-19-7-6-15-13(19)12(17-11)16-9-14(2,3)10-18(4)5;1-8-5-14-15(6-8)7-9-3-2-4-10(12)11(9)13;2*1-2/h6-8H,9-10H2,1-5H3,(H,16,17);2-6H,7H2,1H3;1-2H2;2H2,1H3. The van der Waals surface area contributed by atoms with Crippen LogP contribution < -0.4 is 11.1 Å². The summed E-state index contributed by atoms with van der Waals surface area (Å²) in [6.45, 7) is 16.5. The lowest BCUT2D eigenvalue weighted by Crippen LogP contribution is -2.34. The molecule has 38 heavy (non-hydrogen) atoms. The van der Waals surface area contributed by atoms with Gasteiger partial charge in [-0.15, -0.1) is 13.2 Å². The molecule has 3 N–H and O–H groups in total. The van der Waals surface area contributed by atoms with Crippen molar-refractivity contribution in [2.24, 2.45) is 11.1 Å². The number of benzene rings is 1.